The van der Waals surface area contributed by atoms with Gasteiger partial charge in [-0.1, -0.05) is 11.6 Å². The number of pyridine rings is 1. The van der Waals surface area contributed by atoms with Gasteiger partial charge in [0.2, 0.25) is 11.8 Å². The van der Waals surface area contributed by atoms with Crippen molar-refractivity contribution in [3.63, 3.8) is 0 Å². The Morgan fingerprint density at radius 1 is 1.44 bits per heavy atom. The van der Waals surface area contributed by atoms with E-state index in [0.29, 0.717) is 5.69 Å². The van der Waals surface area contributed by atoms with Crippen LogP contribution in [0.5, 0.6) is 0 Å². The van der Waals surface area contributed by atoms with Gasteiger partial charge >= 0.3 is 0 Å². The van der Waals surface area contributed by atoms with Crippen LogP contribution >= 0.6 is 11.6 Å². The topological polar surface area (TPSA) is 97.1 Å². The molecule has 0 atom stereocenters. The van der Waals surface area contributed by atoms with E-state index in [1.807, 2.05) is 0 Å². The molecule has 0 aliphatic rings. The number of carbonyl (C=O) groups is 2. The number of hydrogen-bond donors (Lipinski definition) is 3. The molecule has 0 spiro atoms. The zero-order valence-electron chi connectivity index (χ0n) is 8.37. The van der Waals surface area contributed by atoms with Crippen LogP contribution in [0.3, 0.4) is 0 Å². The number of aromatic nitrogens is 1. The Morgan fingerprint density at radius 3 is 2.81 bits per heavy atom. The summed E-state index contributed by atoms with van der Waals surface area (Å²) in [7, 11) is 0. The molecule has 86 valence electrons. The second-order valence-corrected chi connectivity index (χ2v) is 3.23. The van der Waals surface area contributed by atoms with Gasteiger partial charge in [0.15, 0.2) is 5.15 Å². The Labute approximate surface area is 97.2 Å². The lowest BCUT2D eigenvalue weighted by Gasteiger charge is -2.06. The molecule has 0 unspecified atom stereocenters. The van der Waals surface area contributed by atoms with E-state index in [1.165, 1.54) is 6.20 Å². The molecular formula is C9H11ClN4O2. The molecule has 1 aromatic rings. The van der Waals surface area contributed by atoms with Crippen LogP contribution in [0.2, 0.25) is 5.15 Å². The van der Waals surface area contributed by atoms with Crippen molar-refractivity contribution < 1.29 is 9.59 Å². The van der Waals surface area contributed by atoms with Crippen LogP contribution in [-0.4, -0.2) is 29.9 Å². The van der Waals surface area contributed by atoms with Crippen molar-refractivity contribution in [2.45, 2.75) is 0 Å². The maximum absolute atomic E-state index is 11.3. The van der Waals surface area contributed by atoms with Crippen molar-refractivity contribution in [1.29, 1.82) is 0 Å². The summed E-state index contributed by atoms with van der Waals surface area (Å²) in [6, 6.07) is 3.25. The fourth-order valence-corrected chi connectivity index (χ4v) is 1.09. The van der Waals surface area contributed by atoms with Crippen molar-refractivity contribution in [2.24, 2.45) is 5.73 Å². The van der Waals surface area contributed by atoms with Gasteiger partial charge in [-0.25, -0.2) is 4.98 Å². The minimum atomic E-state index is -0.396. The largest absolute Gasteiger partial charge is 0.346 e. The summed E-state index contributed by atoms with van der Waals surface area (Å²) in [4.78, 5) is 25.9. The van der Waals surface area contributed by atoms with Crippen molar-refractivity contribution in [3.8, 4) is 0 Å². The van der Waals surface area contributed by atoms with E-state index in [-0.39, 0.29) is 18.2 Å². The Balaban J connectivity index is 2.46. The van der Waals surface area contributed by atoms with Gasteiger partial charge in [-0.3, -0.25) is 9.59 Å². The summed E-state index contributed by atoms with van der Waals surface area (Å²) in [5.74, 6) is -0.788. The number of nitrogens with zero attached hydrogens (tertiary/aromatic N) is 1. The van der Waals surface area contributed by atoms with Crippen molar-refractivity contribution >= 4 is 29.1 Å². The number of anilines is 1. The minimum absolute atomic E-state index is 0.152. The van der Waals surface area contributed by atoms with Gasteiger partial charge in [0.1, 0.15) is 0 Å². The highest BCUT2D eigenvalue weighted by molar-refractivity contribution is 6.32. The van der Waals surface area contributed by atoms with E-state index < -0.39 is 11.8 Å². The zero-order chi connectivity index (χ0) is 12.0. The first-order valence-electron chi connectivity index (χ1n) is 4.50. The number of hydrogen-bond acceptors (Lipinski definition) is 4. The van der Waals surface area contributed by atoms with Crippen LogP contribution in [0.1, 0.15) is 0 Å². The molecule has 6 nitrogen and oxygen atoms in total. The Kier molecular flexibility index (Phi) is 4.68. The van der Waals surface area contributed by atoms with Crippen LogP contribution in [-0.2, 0) is 9.59 Å². The van der Waals surface area contributed by atoms with E-state index in [4.69, 9.17) is 17.3 Å². The maximum Gasteiger partial charge on any atom is 0.243 e. The molecule has 0 aromatic carbocycles. The second-order valence-electron chi connectivity index (χ2n) is 2.87. The van der Waals surface area contributed by atoms with Gasteiger partial charge in [-0.05, 0) is 12.1 Å². The molecule has 0 fully saturated rings. The summed E-state index contributed by atoms with van der Waals surface area (Å²) in [6.45, 7) is -0.303. The zero-order valence-corrected chi connectivity index (χ0v) is 9.12. The SMILES string of the molecule is NCC(=O)NCC(=O)Nc1cccnc1Cl. The molecule has 0 bridgehead atoms. The molecule has 16 heavy (non-hydrogen) atoms. The van der Waals surface area contributed by atoms with Gasteiger partial charge < -0.3 is 16.4 Å². The van der Waals surface area contributed by atoms with Crippen LogP contribution in [0.4, 0.5) is 5.69 Å². The average Bonchev–Trinajstić information content (AvgIpc) is 2.29. The third kappa shape index (κ3) is 3.84. The first-order chi connectivity index (χ1) is 7.63. The van der Waals surface area contributed by atoms with E-state index in [0.717, 1.165) is 0 Å². The van der Waals surface area contributed by atoms with E-state index in [9.17, 15) is 9.59 Å². The van der Waals surface area contributed by atoms with Crippen LogP contribution < -0.4 is 16.4 Å². The number of halogens is 1. The number of amides is 2. The predicted octanol–water partition coefficient (Wildman–Crippen LogP) is -0.252. The first kappa shape index (κ1) is 12.4. The van der Waals surface area contributed by atoms with E-state index in [1.54, 1.807) is 12.1 Å². The van der Waals surface area contributed by atoms with Crippen molar-refractivity contribution in [3.05, 3.63) is 23.5 Å². The Morgan fingerprint density at radius 2 is 2.19 bits per heavy atom. The highest BCUT2D eigenvalue weighted by Gasteiger charge is 2.06. The Hall–Kier alpha value is -1.66. The molecule has 0 saturated carbocycles. The average molecular weight is 243 g/mol. The molecule has 1 rings (SSSR count). The fraction of sp³-hybridized carbons (Fsp3) is 0.222. The van der Waals surface area contributed by atoms with Crippen LogP contribution in [0.25, 0.3) is 0 Å². The molecule has 0 saturated heterocycles. The lowest BCUT2D eigenvalue weighted by molar-refractivity contribution is -0.123. The van der Waals surface area contributed by atoms with Crippen molar-refractivity contribution in [1.82, 2.24) is 10.3 Å². The molecule has 1 heterocycles. The number of nitrogens with two attached hydrogens (primary N) is 1. The fourth-order valence-electron chi connectivity index (χ4n) is 0.925. The monoisotopic (exact) mass is 242 g/mol. The Bertz CT molecular complexity index is 397. The summed E-state index contributed by atoms with van der Waals surface area (Å²) in [5, 5.41) is 5.03. The maximum atomic E-state index is 11.3. The molecule has 0 radical (unpaired) electrons. The highest BCUT2D eigenvalue weighted by Crippen LogP contribution is 2.16. The summed E-state index contributed by atoms with van der Waals surface area (Å²) in [5.41, 5.74) is 5.46. The standard InChI is InChI=1S/C9H11ClN4O2/c10-9-6(2-1-3-12-9)14-8(16)5-13-7(15)4-11/h1-3H,4-5,11H2,(H,13,15)(H,14,16). The van der Waals surface area contributed by atoms with E-state index in [2.05, 4.69) is 15.6 Å². The van der Waals surface area contributed by atoms with Gasteiger partial charge in [-0.2, -0.15) is 0 Å². The molecule has 7 heteroatoms. The predicted molar refractivity (Wildman–Crippen MR) is 59.9 cm³/mol. The third-order valence-electron chi connectivity index (χ3n) is 1.66. The van der Waals surface area contributed by atoms with Gasteiger partial charge in [0.05, 0.1) is 18.8 Å². The number of carbonyl (C=O) groups excluding carboxylic acids is 2. The third-order valence-corrected chi connectivity index (χ3v) is 1.97. The van der Waals surface area contributed by atoms with Gasteiger partial charge in [0, 0.05) is 6.20 Å². The smallest absolute Gasteiger partial charge is 0.243 e. The summed E-state index contributed by atoms with van der Waals surface area (Å²) >= 11 is 5.73. The molecule has 0 aliphatic heterocycles. The van der Waals surface area contributed by atoms with Crippen LogP contribution in [0, 0.1) is 0 Å². The molecule has 4 N–H and O–H groups in total. The van der Waals surface area contributed by atoms with Gasteiger partial charge in [0.25, 0.3) is 0 Å². The summed E-state index contributed by atoms with van der Waals surface area (Å²) < 4.78 is 0. The first-order valence-corrected chi connectivity index (χ1v) is 4.88. The quantitative estimate of drug-likeness (QED) is 0.634. The van der Waals surface area contributed by atoms with E-state index >= 15 is 0 Å². The van der Waals surface area contributed by atoms with Crippen molar-refractivity contribution in [2.75, 3.05) is 18.4 Å². The number of rotatable bonds is 4. The second kappa shape index (κ2) is 6.04. The number of nitrogens with one attached hydrogen (secondary N) is 2. The molecule has 0 aliphatic carbocycles. The van der Waals surface area contributed by atoms with Crippen LogP contribution in [0.15, 0.2) is 18.3 Å². The lowest BCUT2D eigenvalue weighted by Crippen LogP contribution is -2.36. The normalized spacial score (nSPS) is 9.62. The highest BCUT2D eigenvalue weighted by atomic mass is 35.5. The lowest BCUT2D eigenvalue weighted by atomic mass is 10.4. The van der Waals surface area contributed by atoms with Gasteiger partial charge in [-0.15, -0.1) is 0 Å². The minimum Gasteiger partial charge on any atom is -0.346 e. The molecule has 2 amide bonds. The molecule has 1 aromatic heterocycles. The molecular weight excluding hydrogens is 232 g/mol. The summed E-state index contributed by atoms with van der Waals surface area (Å²) in [6.07, 6.45) is 1.51.